The van der Waals surface area contributed by atoms with E-state index in [1.807, 2.05) is 0 Å². The number of hydrogen-bond donors (Lipinski definition) is 0. The van der Waals surface area contributed by atoms with Crippen LogP contribution < -0.4 is 0 Å². The van der Waals surface area contributed by atoms with Gasteiger partial charge in [-0.1, -0.05) is 35.3 Å². The first-order chi connectivity index (χ1) is 8.11. The highest BCUT2D eigenvalue weighted by molar-refractivity contribution is 6.45. The molecule has 0 bridgehead atoms. The van der Waals surface area contributed by atoms with Crippen LogP contribution in [0.1, 0.15) is 15.9 Å². The Labute approximate surface area is 107 Å². The van der Waals surface area contributed by atoms with Crippen molar-refractivity contribution in [1.29, 1.82) is 0 Å². The molecule has 17 heavy (non-hydrogen) atoms. The summed E-state index contributed by atoms with van der Waals surface area (Å²) in [5.41, 5.74) is 1.39. The average molecular weight is 267 g/mol. The third-order valence-corrected chi connectivity index (χ3v) is 3.65. The van der Waals surface area contributed by atoms with Gasteiger partial charge in [-0.05, 0) is 18.2 Å². The summed E-state index contributed by atoms with van der Waals surface area (Å²) in [7, 11) is 0. The summed E-state index contributed by atoms with van der Waals surface area (Å²) in [4.78, 5) is 12.0. The van der Waals surface area contributed by atoms with Crippen LogP contribution in [0.5, 0.6) is 0 Å². The Balaban J connectivity index is 2.48. The van der Waals surface area contributed by atoms with E-state index >= 15 is 0 Å². The van der Waals surface area contributed by atoms with Gasteiger partial charge in [-0.15, -0.1) is 0 Å². The molecular formula is C13H5Cl2FO. The van der Waals surface area contributed by atoms with Crippen molar-refractivity contribution >= 4 is 29.0 Å². The Bertz CT molecular complexity index is 665. The topological polar surface area (TPSA) is 17.1 Å². The molecule has 1 aliphatic rings. The monoisotopic (exact) mass is 266 g/mol. The highest BCUT2D eigenvalue weighted by atomic mass is 35.5. The van der Waals surface area contributed by atoms with E-state index in [0.717, 1.165) is 0 Å². The molecular weight excluding hydrogens is 262 g/mol. The normalized spacial score (nSPS) is 12.5. The largest absolute Gasteiger partial charge is 0.289 e. The number of carbonyl (C=O) groups excluding carboxylic acids is 1. The molecule has 0 amide bonds. The maximum atomic E-state index is 13.8. The van der Waals surface area contributed by atoms with Gasteiger partial charge < -0.3 is 0 Å². The van der Waals surface area contributed by atoms with Gasteiger partial charge >= 0.3 is 0 Å². The number of ketones is 1. The number of rotatable bonds is 0. The van der Waals surface area contributed by atoms with Gasteiger partial charge in [-0.25, -0.2) is 4.39 Å². The Hall–Kier alpha value is -1.38. The minimum absolute atomic E-state index is 0.215. The molecule has 2 aromatic rings. The van der Waals surface area contributed by atoms with Crippen LogP contribution in [0.25, 0.3) is 11.1 Å². The Morgan fingerprint density at radius 2 is 1.65 bits per heavy atom. The average Bonchev–Trinajstić information content (AvgIpc) is 2.60. The fourth-order valence-electron chi connectivity index (χ4n) is 2.10. The molecule has 2 aromatic carbocycles. The van der Waals surface area contributed by atoms with E-state index in [-0.39, 0.29) is 16.4 Å². The van der Waals surface area contributed by atoms with Crippen molar-refractivity contribution < 1.29 is 9.18 Å². The molecule has 3 rings (SSSR count). The quantitative estimate of drug-likeness (QED) is 0.592. The second-order valence-corrected chi connectivity index (χ2v) is 4.56. The first-order valence-electron chi connectivity index (χ1n) is 4.93. The van der Waals surface area contributed by atoms with Gasteiger partial charge in [0.15, 0.2) is 5.78 Å². The van der Waals surface area contributed by atoms with Crippen LogP contribution in [-0.4, -0.2) is 5.78 Å². The molecule has 0 atom stereocenters. The molecule has 0 fully saturated rings. The van der Waals surface area contributed by atoms with Gasteiger partial charge in [0.25, 0.3) is 0 Å². The first-order valence-corrected chi connectivity index (χ1v) is 5.68. The van der Waals surface area contributed by atoms with Gasteiger partial charge in [0, 0.05) is 22.3 Å². The summed E-state index contributed by atoms with van der Waals surface area (Å²) in [5, 5.41) is 0.538. The second-order valence-electron chi connectivity index (χ2n) is 3.78. The van der Waals surface area contributed by atoms with Crippen LogP contribution in [0, 0.1) is 5.82 Å². The second kappa shape index (κ2) is 3.56. The number of fused-ring (bicyclic) bond motifs is 3. The fourth-order valence-corrected chi connectivity index (χ4v) is 2.51. The van der Waals surface area contributed by atoms with Crippen LogP contribution in [0.15, 0.2) is 30.3 Å². The zero-order valence-electron chi connectivity index (χ0n) is 8.43. The lowest BCUT2D eigenvalue weighted by Gasteiger charge is -2.05. The predicted octanol–water partition coefficient (Wildman–Crippen LogP) is 4.34. The number of halogens is 3. The number of hydrogen-bond acceptors (Lipinski definition) is 1. The SMILES string of the molecule is O=C1c2cccc(F)c2-c2c1ccc(Cl)c2Cl. The maximum Gasteiger partial charge on any atom is 0.194 e. The number of carbonyl (C=O) groups is 1. The van der Waals surface area contributed by atoms with Crippen molar-refractivity contribution in [2.24, 2.45) is 0 Å². The lowest BCUT2D eigenvalue weighted by molar-refractivity contribution is 0.104. The highest BCUT2D eigenvalue weighted by Crippen LogP contribution is 2.44. The van der Waals surface area contributed by atoms with Crippen LogP contribution >= 0.6 is 23.2 Å². The summed E-state index contributed by atoms with van der Waals surface area (Å²) < 4.78 is 13.8. The summed E-state index contributed by atoms with van der Waals surface area (Å²) in [6.45, 7) is 0. The van der Waals surface area contributed by atoms with Crippen LogP contribution in [0.2, 0.25) is 10.0 Å². The van der Waals surface area contributed by atoms with Crippen molar-refractivity contribution in [3.05, 3.63) is 57.3 Å². The van der Waals surface area contributed by atoms with E-state index in [4.69, 9.17) is 23.2 Å². The van der Waals surface area contributed by atoms with Gasteiger partial charge in [0.05, 0.1) is 10.0 Å². The third kappa shape index (κ3) is 1.34. The van der Waals surface area contributed by atoms with E-state index in [9.17, 15) is 9.18 Å². The van der Waals surface area contributed by atoms with Crippen LogP contribution in [0.4, 0.5) is 4.39 Å². The van der Waals surface area contributed by atoms with E-state index in [1.54, 1.807) is 18.2 Å². The lowest BCUT2D eigenvalue weighted by atomic mass is 10.1. The molecule has 0 heterocycles. The van der Waals surface area contributed by atoms with Crippen molar-refractivity contribution in [2.45, 2.75) is 0 Å². The lowest BCUT2D eigenvalue weighted by Crippen LogP contribution is -1.94. The molecule has 0 radical (unpaired) electrons. The van der Waals surface area contributed by atoms with Crippen molar-refractivity contribution in [3.63, 3.8) is 0 Å². The summed E-state index contributed by atoms with van der Waals surface area (Å²) in [6.07, 6.45) is 0. The van der Waals surface area contributed by atoms with Crippen molar-refractivity contribution in [2.75, 3.05) is 0 Å². The summed E-state index contributed by atoms with van der Waals surface area (Å²) in [5.74, 6) is -0.674. The maximum absolute atomic E-state index is 13.8. The van der Waals surface area contributed by atoms with Gasteiger partial charge in [-0.3, -0.25) is 4.79 Å². The van der Waals surface area contributed by atoms with Gasteiger partial charge in [0.2, 0.25) is 0 Å². The molecule has 0 spiro atoms. The molecule has 1 nitrogen and oxygen atoms in total. The van der Waals surface area contributed by atoms with E-state index in [0.29, 0.717) is 21.7 Å². The van der Waals surface area contributed by atoms with Crippen molar-refractivity contribution in [3.8, 4) is 11.1 Å². The molecule has 1 aliphatic carbocycles. The van der Waals surface area contributed by atoms with Crippen LogP contribution in [0.3, 0.4) is 0 Å². The Kier molecular flexibility index (Phi) is 2.25. The molecule has 4 heteroatoms. The van der Waals surface area contributed by atoms with Gasteiger partial charge in [0.1, 0.15) is 5.82 Å². The molecule has 0 aliphatic heterocycles. The van der Waals surface area contributed by atoms with E-state index < -0.39 is 5.82 Å². The Morgan fingerprint density at radius 3 is 2.41 bits per heavy atom. The summed E-state index contributed by atoms with van der Waals surface area (Å²) in [6, 6.07) is 7.52. The third-order valence-electron chi connectivity index (χ3n) is 2.85. The van der Waals surface area contributed by atoms with Gasteiger partial charge in [-0.2, -0.15) is 0 Å². The van der Waals surface area contributed by atoms with Crippen LogP contribution in [-0.2, 0) is 0 Å². The molecule has 84 valence electrons. The first kappa shape index (κ1) is 10.8. The molecule has 0 saturated heterocycles. The van der Waals surface area contributed by atoms with Crippen molar-refractivity contribution in [1.82, 2.24) is 0 Å². The fraction of sp³-hybridized carbons (Fsp3) is 0. The Morgan fingerprint density at radius 1 is 0.941 bits per heavy atom. The molecule has 0 aromatic heterocycles. The highest BCUT2D eigenvalue weighted by Gasteiger charge is 2.31. The smallest absolute Gasteiger partial charge is 0.194 e. The standard InChI is InChI=1S/C13H5Cl2FO/c14-8-5-4-7-11(12(8)15)10-6(13(7)17)2-1-3-9(10)16/h1-5H. The molecule has 0 N–H and O–H groups in total. The zero-order chi connectivity index (χ0) is 12.2. The summed E-state index contributed by atoms with van der Waals surface area (Å²) >= 11 is 11.9. The minimum Gasteiger partial charge on any atom is -0.289 e. The molecule has 0 unspecified atom stereocenters. The number of benzene rings is 2. The van der Waals surface area contributed by atoms with E-state index in [1.165, 1.54) is 12.1 Å². The molecule has 0 saturated carbocycles. The minimum atomic E-state index is -0.459. The predicted molar refractivity (Wildman–Crippen MR) is 65.3 cm³/mol. The zero-order valence-corrected chi connectivity index (χ0v) is 9.94. The van der Waals surface area contributed by atoms with E-state index in [2.05, 4.69) is 0 Å².